The van der Waals surface area contributed by atoms with E-state index < -0.39 is 9.84 Å². The third-order valence-corrected chi connectivity index (χ3v) is 9.12. The van der Waals surface area contributed by atoms with Gasteiger partial charge in [0, 0.05) is 22.9 Å². The summed E-state index contributed by atoms with van der Waals surface area (Å²) in [6.07, 6.45) is 0.653. The molecule has 1 atom stereocenters. The average Bonchev–Trinajstić information content (AvgIpc) is 3.18. The molecule has 5 nitrogen and oxygen atoms in total. The van der Waals surface area contributed by atoms with Crippen LogP contribution in [0.1, 0.15) is 22.7 Å². The molecule has 2 aromatic heterocycles. The summed E-state index contributed by atoms with van der Waals surface area (Å²) in [5.41, 5.74) is 1.19. The van der Waals surface area contributed by atoms with Crippen molar-refractivity contribution < 1.29 is 8.42 Å². The maximum atomic E-state index is 12.0. The summed E-state index contributed by atoms with van der Waals surface area (Å²) in [4.78, 5) is 15.2. The zero-order valence-electron chi connectivity index (χ0n) is 16.2. The third-order valence-electron chi connectivity index (χ3n) is 5.26. The van der Waals surface area contributed by atoms with Crippen molar-refractivity contribution in [1.29, 1.82) is 0 Å². The van der Waals surface area contributed by atoms with Crippen molar-refractivity contribution in [2.45, 2.75) is 37.0 Å². The molecule has 0 saturated carbocycles. The second-order valence-electron chi connectivity index (χ2n) is 7.20. The molecule has 1 aliphatic rings. The summed E-state index contributed by atoms with van der Waals surface area (Å²) in [6.45, 7) is 4.20. The maximum absolute atomic E-state index is 12.0. The summed E-state index contributed by atoms with van der Waals surface area (Å²) in [6, 6.07) is 10.2. The Balaban J connectivity index is 1.71. The Hall–Kier alpha value is -1.64. The summed E-state index contributed by atoms with van der Waals surface area (Å²) in [5, 5.41) is 1.06. The molecule has 0 bridgehead atoms. The van der Waals surface area contributed by atoms with E-state index in [0.29, 0.717) is 12.2 Å². The number of anilines is 1. The normalized spacial score (nSPS) is 18.6. The van der Waals surface area contributed by atoms with Crippen molar-refractivity contribution in [3.05, 3.63) is 46.6 Å². The number of hydrogen-bond donors (Lipinski definition) is 0. The molecule has 0 radical (unpaired) electrons. The van der Waals surface area contributed by atoms with Crippen LogP contribution in [0, 0.1) is 13.8 Å². The van der Waals surface area contributed by atoms with Crippen LogP contribution in [-0.4, -0.2) is 43.0 Å². The molecule has 0 unspecified atom stereocenters. The molecular formula is C20H23N3O2S3. The van der Waals surface area contributed by atoms with Crippen LogP contribution in [0.2, 0.25) is 0 Å². The molecule has 0 aliphatic carbocycles. The Kier molecular flexibility index (Phi) is 5.37. The van der Waals surface area contributed by atoms with Gasteiger partial charge >= 0.3 is 0 Å². The first kappa shape index (κ1) is 19.7. The molecular weight excluding hydrogens is 410 g/mol. The summed E-state index contributed by atoms with van der Waals surface area (Å²) in [5.74, 6) is 2.78. The minimum Gasteiger partial charge on any atom is -0.355 e. The van der Waals surface area contributed by atoms with Crippen LogP contribution >= 0.6 is 23.1 Å². The van der Waals surface area contributed by atoms with Crippen LogP contribution in [0.4, 0.5) is 5.82 Å². The standard InChI is InChI=1S/C20H23N3O2S3/c1-13-14(2)27-20-18(13)19(23(3)15-9-10-28(24,25)12-15)21-17(22-20)11-26-16-7-5-4-6-8-16/h4-8,15H,9-12H2,1-3H3/t15-/m1/s1. The Morgan fingerprint density at radius 2 is 1.96 bits per heavy atom. The van der Waals surface area contributed by atoms with Crippen molar-refractivity contribution in [2.75, 3.05) is 23.5 Å². The first-order chi connectivity index (χ1) is 13.3. The predicted molar refractivity (Wildman–Crippen MR) is 118 cm³/mol. The van der Waals surface area contributed by atoms with Crippen molar-refractivity contribution >= 4 is 49.0 Å². The number of nitrogens with zero attached hydrogens (tertiary/aromatic N) is 3. The molecule has 3 aromatic rings. The van der Waals surface area contributed by atoms with Crippen molar-refractivity contribution in [3.63, 3.8) is 0 Å². The van der Waals surface area contributed by atoms with E-state index in [1.54, 1.807) is 23.1 Å². The molecule has 1 aromatic carbocycles. The first-order valence-corrected chi connectivity index (χ1v) is 12.8. The predicted octanol–water partition coefficient (Wildman–Crippen LogP) is 4.22. The van der Waals surface area contributed by atoms with Gasteiger partial charge in [0.15, 0.2) is 9.84 Å². The van der Waals surface area contributed by atoms with Crippen molar-refractivity contribution in [1.82, 2.24) is 9.97 Å². The Labute approximate surface area is 174 Å². The van der Waals surface area contributed by atoms with Gasteiger partial charge in [-0.15, -0.1) is 23.1 Å². The second-order valence-corrected chi connectivity index (χ2v) is 11.7. The number of hydrogen-bond acceptors (Lipinski definition) is 7. The van der Waals surface area contributed by atoms with E-state index in [4.69, 9.17) is 9.97 Å². The highest BCUT2D eigenvalue weighted by atomic mass is 32.2. The molecule has 3 heterocycles. The molecule has 4 rings (SSSR count). The van der Waals surface area contributed by atoms with Gasteiger partial charge in [-0.2, -0.15) is 0 Å². The number of rotatable bonds is 5. The fraction of sp³-hybridized carbons (Fsp3) is 0.400. The highest BCUT2D eigenvalue weighted by Gasteiger charge is 2.32. The summed E-state index contributed by atoms with van der Waals surface area (Å²) >= 11 is 3.39. The smallest absolute Gasteiger partial charge is 0.152 e. The van der Waals surface area contributed by atoms with E-state index in [0.717, 1.165) is 21.9 Å². The largest absolute Gasteiger partial charge is 0.355 e. The van der Waals surface area contributed by atoms with Crippen molar-refractivity contribution in [3.8, 4) is 0 Å². The fourth-order valence-electron chi connectivity index (χ4n) is 3.51. The first-order valence-electron chi connectivity index (χ1n) is 9.22. The molecule has 1 fully saturated rings. The van der Waals surface area contributed by atoms with E-state index in [-0.39, 0.29) is 17.5 Å². The van der Waals surface area contributed by atoms with Gasteiger partial charge in [0.05, 0.1) is 22.6 Å². The Morgan fingerprint density at radius 3 is 2.64 bits per heavy atom. The van der Waals surface area contributed by atoms with Gasteiger partial charge in [-0.3, -0.25) is 0 Å². The third kappa shape index (κ3) is 3.90. The van der Waals surface area contributed by atoms with Gasteiger partial charge in [-0.1, -0.05) is 18.2 Å². The lowest BCUT2D eigenvalue weighted by Gasteiger charge is -2.25. The van der Waals surface area contributed by atoms with Crippen LogP contribution < -0.4 is 4.90 Å². The van der Waals surface area contributed by atoms with Crippen LogP contribution in [-0.2, 0) is 15.6 Å². The van der Waals surface area contributed by atoms with Gasteiger partial charge in [0.25, 0.3) is 0 Å². The van der Waals surface area contributed by atoms with Crippen LogP contribution in [0.25, 0.3) is 10.2 Å². The lowest BCUT2D eigenvalue weighted by Crippen LogP contribution is -2.33. The van der Waals surface area contributed by atoms with E-state index in [1.165, 1.54) is 15.3 Å². The quantitative estimate of drug-likeness (QED) is 0.561. The zero-order valence-corrected chi connectivity index (χ0v) is 18.6. The van der Waals surface area contributed by atoms with Crippen LogP contribution in [0.5, 0.6) is 0 Å². The van der Waals surface area contributed by atoms with Crippen LogP contribution in [0.3, 0.4) is 0 Å². The highest BCUT2D eigenvalue weighted by molar-refractivity contribution is 7.98. The highest BCUT2D eigenvalue weighted by Crippen LogP contribution is 2.37. The average molecular weight is 434 g/mol. The number of thioether (sulfide) groups is 1. The molecule has 1 saturated heterocycles. The second kappa shape index (κ2) is 7.65. The monoisotopic (exact) mass is 433 g/mol. The number of fused-ring (bicyclic) bond motifs is 1. The zero-order chi connectivity index (χ0) is 19.9. The van der Waals surface area contributed by atoms with E-state index in [2.05, 4.69) is 30.9 Å². The molecule has 0 N–H and O–H groups in total. The fourth-order valence-corrected chi connectivity index (χ4v) is 7.10. The van der Waals surface area contributed by atoms with Gasteiger partial charge in [-0.25, -0.2) is 18.4 Å². The SMILES string of the molecule is Cc1sc2nc(CSc3ccccc3)nc(N(C)[C@@H]3CCS(=O)(=O)C3)c2c1C. The van der Waals surface area contributed by atoms with Gasteiger partial charge in [0.1, 0.15) is 16.5 Å². The van der Waals surface area contributed by atoms with E-state index in [9.17, 15) is 8.42 Å². The molecule has 148 valence electrons. The van der Waals surface area contributed by atoms with Crippen molar-refractivity contribution in [2.24, 2.45) is 0 Å². The molecule has 28 heavy (non-hydrogen) atoms. The molecule has 1 aliphatic heterocycles. The number of aryl methyl sites for hydroxylation is 2. The number of sulfone groups is 1. The van der Waals surface area contributed by atoms with E-state index in [1.807, 2.05) is 25.2 Å². The van der Waals surface area contributed by atoms with Gasteiger partial charge < -0.3 is 4.90 Å². The van der Waals surface area contributed by atoms with Gasteiger partial charge in [0.2, 0.25) is 0 Å². The molecule has 8 heteroatoms. The maximum Gasteiger partial charge on any atom is 0.152 e. The minimum absolute atomic E-state index is 0.0302. The molecule has 0 amide bonds. The summed E-state index contributed by atoms with van der Waals surface area (Å²) < 4.78 is 24.0. The topological polar surface area (TPSA) is 63.2 Å². The Morgan fingerprint density at radius 1 is 1.21 bits per heavy atom. The Bertz CT molecular complexity index is 1110. The summed E-state index contributed by atoms with van der Waals surface area (Å²) in [7, 11) is -0.984. The lowest BCUT2D eigenvalue weighted by molar-refractivity contribution is 0.600. The lowest BCUT2D eigenvalue weighted by atomic mass is 10.1. The number of thiophene rings is 1. The molecule has 0 spiro atoms. The van der Waals surface area contributed by atoms with E-state index >= 15 is 0 Å². The van der Waals surface area contributed by atoms with Crippen LogP contribution in [0.15, 0.2) is 35.2 Å². The number of aromatic nitrogens is 2. The van der Waals surface area contributed by atoms with Gasteiger partial charge in [-0.05, 0) is 38.0 Å². The minimum atomic E-state index is -2.95. The number of benzene rings is 1.